The van der Waals surface area contributed by atoms with Gasteiger partial charge in [0.15, 0.2) is 5.65 Å². The third-order valence-corrected chi connectivity index (χ3v) is 5.20. The molecule has 0 fully saturated rings. The monoisotopic (exact) mass is 453 g/mol. The molecule has 0 unspecified atom stereocenters. The number of halogens is 2. The van der Waals surface area contributed by atoms with Crippen molar-refractivity contribution in [3.05, 3.63) is 76.1 Å². The molecular weight excluding hydrogens is 432 g/mol. The van der Waals surface area contributed by atoms with E-state index in [0.717, 1.165) is 22.3 Å². The van der Waals surface area contributed by atoms with E-state index < -0.39 is 42.1 Å². The zero-order valence-corrected chi connectivity index (χ0v) is 17.6. The van der Waals surface area contributed by atoms with Crippen molar-refractivity contribution in [2.75, 3.05) is 24.3 Å². The zero-order chi connectivity index (χ0) is 23.7. The first kappa shape index (κ1) is 22.3. The van der Waals surface area contributed by atoms with Crippen molar-refractivity contribution in [2.45, 2.75) is 13.0 Å². The fourth-order valence-electron chi connectivity index (χ4n) is 3.53. The number of hydrogen-bond donors (Lipinski definition) is 4. The second-order valence-electron chi connectivity index (χ2n) is 7.49. The van der Waals surface area contributed by atoms with E-state index in [9.17, 15) is 23.8 Å². The highest BCUT2D eigenvalue weighted by molar-refractivity contribution is 5.93. The van der Waals surface area contributed by atoms with Gasteiger partial charge in [-0.25, -0.2) is 13.8 Å². The number of benzene rings is 2. The molecule has 10 heteroatoms. The van der Waals surface area contributed by atoms with Crippen LogP contribution in [0.4, 0.5) is 20.4 Å². The van der Waals surface area contributed by atoms with E-state index in [0.29, 0.717) is 22.3 Å². The van der Waals surface area contributed by atoms with Crippen LogP contribution in [0.2, 0.25) is 0 Å². The molecule has 33 heavy (non-hydrogen) atoms. The van der Waals surface area contributed by atoms with Gasteiger partial charge in [-0.1, -0.05) is 12.1 Å². The third-order valence-electron chi connectivity index (χ3n) is 5.20. The molecule has 0 aliphatic rings. The zero-order valence-electron chi connectivity index (χ0n) is 17.6. The van der Waals surface area contributed by atoms with Gasteiger partial charge in [0.1, 0.15) is 17.3 Å². The number of para-hydroxylation sites is 1. The van der Waals surface area contributed by atoms with E-state index >= 15 is 0 Å². The minimum absolute atomic E-state index is 0.0523. The van der Waals surface area contributed by atoms with Crippen molar-refractivity contribution in [1.82, 2.24) is 14.5 Å². The van der Waals surface area contributed by atoms with Crippen LogP contribution < -0.4 is 16.6 Å². The van der Waals surface area contributed by atoms with Crippen LogP contribution in [0.1, 0.15) is 5.56 Å². The molecular formula is C23H21F2N5O3. The molecule has 5 N–H and O–H groups in total. The number of fused-ring (bicyclic) bond motifs is 1. The summed E-state index contributed by atoms with van der Waals surface area (Å²) in [5.41, 5.74) is 6.89. The van der Waals surface area contributed by atoms with Crippen LogP contribution in [0.5, 0.6) is 0 Å². The van der Waals surface area contributed by atoms with Gasteiger partial charge in [0.2, 0.25) is 5.95 Å². The van der Waals surface area contributed by atoms with Gasteiger partial charge in [-0.15, -0.1) is 0 Å². The molecule has 0 aliphatic heterocycles. The number of rotatable bonds is 6. The van der Waals surface area contributed by atoms with Gasteiger partial charge in [-0.2, -0.15) is 4.98 Å². The Morgan fingerprint density at radius 2 is 1.76 bits per heavy atom. The van der Waals surface area contributed by atoms with E-state index in [4.69, 9.17) is 5.73 Å². The van der Waals surface area contributed by atoms with Crippen LogP contribution in [0.25, 0.3) is 28.0 Å². The van der Waals surface area contributed by atoms with E-state index in [1.165, 1.54) is 18.2 Å². The first-order valence-electron chi connectivity index (χ1n) is 10.1. The van der Waals surface area contributed by atoms with Crippen molar-refractivity contribution in [1.29, 1.82) is 0 Å². The van der Waals surface area contributed by atoms with Gasteiger partial charge in [-0.05, 0) is 42.8 Å². The van der Waals surface area contributed by atoms with Crippen molar-refractivity contribution in [3.63, 3.8) is 0 Å². The van der Waals surface area contributed by atoms with Crippen LogP contribution in [0.15, 0.2) is 53.3 Å². The van der Waals surface area contributed by atoms with Crippen molar-refractivity contribution in [2.24, 2.45) is 0 Å². The smallest absolute Gasteiger partial charge is 0.256 e. The molecule has 0 saturated heterocycles. The van der Waals surface area contributed by atoms with Gasteiger partial charge in [0.05, 0.1) is 24.9 Å². The molecule has 170 valence electrons. The Morgan fingerprint density at radius 3 is 2.42 bits per heavy atom. The second-order valence-corrected chi connectivity index (χ2v) is 7.49. The van der Waals surface area contributed by atoms with Gasteiger partial charge in [0, 0.05) is 22.7 Å². The number of nitrogens with two attached hydrogens (primary N) is 1. The Labute approximate surface area is 187 Å². The first-order chi connectivity index (χ1) is 15.8. The Hall–Kier alpha value is -3.89. The summed E-state index contributed by atoms with van der Waals surface area (Å²) in [6.45, 7) is 0.995. The van der Waals surface area contributed by atoms with Gasteiger partial charge >= 0.3 is 0 Å². The Morgan fingerprint density at radius 1 is 1.06 bits per heavy atom. The molecule has 0 spiro atoms. The van der Waals surface area contributed by atoms with Gasteiger partial charge in [0.25, 0.3) is 5.56 Å². The molecule has 0 amide bonds. The van der Waals surface area contributed by atoms with E-state index in [1.54, 1.807) is 18.2 Å². The molecule has 0 atom stereocenters. The van der Waals surface area contributed by atoms with Crippen LogP contribution in [0.3, 0.4) is 0 Å². The summed E-state index contributed by atoms with van der Waals surface area (Å²) in [6.07, 6.45) is 0. The highest BCUT2D eigenvalue weighted by Gasteiger charge is 2.21. The summed E-state index contributed by atoms with van der Waals surface area (Å²) in [4.78, 5) is 21.6. The van der Waals surface area contributed by atoms with Gasteiger partial charge < -0.3 is 21.3 Å². The number of aliphatic hydroxyl groups excluding tert-OH is 2. The molecule has 8 nitrogen and oxygen atoms in total. The van der Waals surface area contributed by atoms with Crippen LogP contribution in [0, 0.1) is 18.6 Å². The number of pyridine rings is 1. The number of nitrogens with one attached hydrogen (secondary N) is 1. The minimum atomic E-state index is -0.942. The average molecular weight is 453 g/mol. The summed E-state index contributed by atoms with van der Waals surface area (Å²) < 4.78 is 30.2. The summed E-state index contributed by atoms with van der Waals surface area (Å²) in [5, 5.41) is 22.1. The summed E-state index contributed by atoms with van der Waals surface area (Å²) in [6, 6.07) is 10.3. The first-order valence-corrected chi connectivity index (χ1v) is 10.1. The predicted molar refractivity (Wildman–Crippen MR) is 121 cm³/mol. The summed E-state index contributed by atoms with van der Waals surface area (Å²) in [5.74, 6) is -1.94. The molecule has 0 saturated carbocycles. The number of aromatic nitrogens is 3. The number of aryl methyl sites for hydroxylation is 1. The lowest BCUT2D eigenvalue weighted by atomic mass is 10.0. The van der Waals surface area contributed by atoms with Gasteiger partial charge in [-0.3, -0.25) is 9.36 Å². The van der Waals surface area contributed by atoms with Crippen LogP contribution in [-0.4, -0.2) is 44.0 Å². The van der Waals surface area contributed by atoms with Crippen molar-refractivity contribution < 1.29 is 19.0 Å². The standard InChI is InChI=1S/C23H21F2N5O3/c1-12-5-6-13(26)9-16(12)20-15-7-8-19(33)30(21-17(24)3-2-4-18(21)25)22(15)29-23(28-20)27-14(10-31)11-32/h2-9,14,31-32H,10-11,26H2,1H3,(H,27,28,29). The number of aliphatic hydroxyl groups is 2. The maximum absolute atomic E-state index is 14.7. The topological polar surface area (TPSA) is 126 Å². The number of nitrogens with zero attached hydrogens (tertiary/aromatic N) is 3. The highest BCUT2D eigenvalue weighted by Crippen LogP contribution is 2.32. The van der Waals surface area contributed by atoms with Crippen LogP contribution >= 0.6 is 0 Å². The second kappa shape index (κ2) is 8.93. The largest absolute Gasteiger partial charge is 0.399 e. The van der Waals surface area contributed by atoms with Crippen molar-refractivity contribution >= 4 is 22.7 Å². The van der Waals surface area contributed by atoms with Crippen LogP contribution in [-0.2, 0) is 0 Å². The Balaban J connectivity index is 2.12. The van der Waals surface area contributed by atoms with E-state index in [-0.39, 0.29) is 11.6 Å². The predicted octanol–water partition coefficient (Wildman–Crippen LogP) is 2.38. The number of hydrogen-bond acceptors (Lipinski definition) is 7. The number of anilines is 2. The normalized spacial score (nSPS) is 11.3. The third kappa shape index (κ3) is 4.13. The molecule has 4 aromatic rings. The van der Waals surface area contributed by atoms with E-state index in [1.807, 2.05) is 6.92 Å². The Bertz CT molecular complexity index is 1380. The molecule has 0 aliphatic carbocycles. The lowest BCUT2D eigenvalue weighted by Crippen LogP contribution is -2.29. The lowest BCUT2D eigenvalue weighted by molar-refractivity contribution is 0.203. The maximum atomic E-state index is 14.7. The molecule has 2 heterocycles. The molecule has 2 aromatic heterocycles. The molecule has 0 bridgehead atoms. The maximum Gasteiger partial charge on any atom is 0.256 e. The molecule has 0 radical (unpaired) electrons. The number of nitrogen functional groups attached to an aromatic ring is 1. The molecule has 2 aromatic carbocycles. The average Bonchev–Trinajstić information content (AvgIpc) is 2.79. The minimum Gasteiger partial charge on any atom is -0.399 e. The van der Waals surface area contributed by atoms with Crippen molar-refractivity contribution in [3.8, 4) is 16.9 Å². The fraction of sp³-hybridized carbons (Fsp3) is 0.174. The lowest BCUT2D eigenvalue weighted by Gasteiger charge is -2.18. The Kier molecular flexibility index (Phi) is 6.03. The summed E-state index contributed by atoms with van der Waals surface area (Å²) >= 11 is 0. The van der Waals surface area contributed by atoms with E-state index in [2.05, 4.69) is 15.3 Å². The molecule has 4 rings (SSSR count). The summed E-state index contributed by atoms with van der Waals surface area (Å²) in [7, 11) is 0. The SMILES string of the molecule is Cc1ccc(N)cc1-c1nc(NC(CO)CO)nc2c1ccc(=O)n2-c1c(F)cccc1F. The quantitative estimate of drug-likeness (QED) is 0.330. The fourth-order valence-corrected chi connectivity index (χ4v) is 3.53. The highest BCUT2D eigenvalue weighted by atomic mass is 19.1.